The second kappa shape index (κ2) is 8.91. The average molecular weight is 331 g/mol. The smallest absolute Gasteiger partial charge is 0.260 e. The van der Waals surface area contributed by atoms with Crippen molar-refractivity contribution in [3.05, 3.63) is 59.9 Å². The van der Waals surface area contributed by atoms with E-state index in [1.165, 1.54) is 17.0 Å². The largest absolute Gasteiger partial charge is 0.494 e. The number of hydrogen-bond acceptors (Lipinski definition) is 3. The molecule has 2 rings (SSSR count). The van der Waals surface area contributed by atoms with Crippen LogP contribution in [0, 0.1) is 5.82 Å². The van der Waals surface area contributed by atoms with E-state index in [4.69, 9.17) is 9.47 Å². The van der Waals surface area contributed by atoms with Crippen LogP contribution in [0.25, 0.3) is 0 Å². The van der Waals surface area contributed by atoms with Crippen LogP contribution in [-0.4, -0.2) is 31.1 Å². The summed E-state index contributed by atoms with van der Waals surface area (Å²) in [5, 5.41) is 0. The molecule has 128 valence electrons. The maximum atomic E-state index is 13.2. The maximum absolute atomic E-state index is 13.2. The van der Waals surface area contributed by atoms with E-state index in [-0.39, 0.29) is 18.3 Å². The minimum atomic E-state index is -0.310. The summed E-state index contributed by atoms with van der Waals surface area (Å²) in [5.74, 6) is 0.894. The van der Waals surface area contributed by atoms with Gasteiger partial charge in [-0.05, 0) is 48.4 Å². The van der Waals surface area contributed by atoms with E-state index in [9.17, 15) is 9.18 Å². The third-order valence-corrected chi connectivity index (χ3v) is 3.39. The topological polar surface area (TPSA) is 38.8 Å². The Morgan fingerprint density at radius 3 is 2.38 bits per heavy atom. The number of carbonyl (C=O) groups excluding carboxylic acids is 1. The standard InChI is InChI=1S/C19H22FNO3/c1-3-11-23-17-7-9-18(10-8-17)24-14-19(22)21(2)13-15-5-4-6-16(20)12-15/h4-10,12H,3,11,13-14H2,1-2H3. The molecular formula is C19H22FNO3. The maximum Gasteiger partial charge on any atom is 0.260 e. The van der Waals surface area contributed by atoms with Gasteiger partial charge in [-0.1, -0.05) is 19.1 Å². The fourth-order valence-corrected chi connectivity index (χ4v) is 2.10. The van der Waals surface area contributed by atoms with Crippen molar-refractivity contribution in [1.29, 1.82) is 0 Å². The molecule has 0 radical (unpaired) electrons. The van der Waals surface area contributed by atoms with Crippen LogP contribution < -0.4 is 9.47 Å². The van der Waals surface area contributed by atoms with Gasteiger partial charge in [-0.15, -0.1) is 0 Å². The highest BCUT2D eigenvalue weighted by Crippen LogP contribution is 2.18. The SMILES string of the molecule is CCCOc1ccc(OCC(=O)N(C)Cc2cccc(F)c2)cc1. The predicted octanol–water partition coefficient (Wildman–Crippen LogP) is 3.65. The molecule has 0 atom stereocenters. The fourth-order valence-electron chi connectivity index (χ4n) is 2.10. The Bertz CT molecular complexity index is 658. The first-order valence-corrected chi connectivity index (χ1v) is 7.92. The van der Waals surface area contributed by atoms with Gasteiger partial charge in [0.05, 0.1) is 6.61 Å². The lowest BCUT2D eigenvalue weighted by Gasteiger charge is -2.17. The number of benzene rings is 2. The van der Waals surface area contributed by atoms with Crippen molar-refractivity contribution in [3.63, 3.8) is 0 Å². The molecule has 0 saturated carbocycles. The molecule has 0 saturated heterocycles. The lowest BCUT2D eigenvalue weighted by atomic mass is 10.2. The first-order valence-electron chi connectivity index (χ1n) is 7.92. The van der Waals surface area contributed by atoms with Gasteiger partial charge < -0.3 is 14.4 Å². The number of nitrogens with zero attached hydrogens (tertiary/aromatic N) is 1. The number of rotatable bonds is 8. The Morgan fingerprint density at radius 2 is 1.75 bits per heavy atom. The molecule has 0 unspecified atom stereocenters. The van der Waals surface area contributed by atoms with Crippen molar-refractivity contribution in [2.24, 2.45) is 0 Å². The first kappa shape index (κ1) is 17.8. The summed E-state index contributed by atoms with van der Waals surface area (Å²) in [4.78, 5) is 13.6. The van der Waals surface area contributed by atoms with Crippen LogP contribution in [0.2, 0.25) is 0 Å². The van der Waals surface area contributed by atoms with Gasteiger partial charge in [0, 0.05) is 13.6 Å². The number of hydrogen-bond donors (Lipinski definition) is 0. The molecule has 1 amide bonds. The van der Waals surface area contributed by atoms with Crippen molar-refractivity contribution in [2.45, 2.75) is 19.9 Å². The lowest BCUT2D eigenvalue weighted by molar-refractivity contribution is -0.132. The molecule has 0 heterocycles. The third kappa shape index (κ3) is 5.57. The number of likely N-dealkylation sites (N-methyl/N-ethyl adjacent to an activating group) is 1. The third-order valence-electron chi connectivity index (χ3n) is 3.39. The van der Waals surface area contributed by atoms with Crippen LogP contribution in [0.4, 0.5) is 4.39 Å². The Morgan fingerprint density at radius 1 is 1.08 bits per heavy atom. The first-order chi connectivity index (χ1) is 11.6. The molecule has 4 nitrogen and oxygen atoms in total. The normalized spacial score (nSPS) is 10.3. The van der Waals surface area contributed by atoms with Gasteiger partial charge in [-0.2, -0.15) is 0 Å². The van der Waals surface area contributed by atoms with Crippen molar-refractivity contribution in [1.82, 2.24) is 4.90 Å². The molecule has 0 aromatic heterocycles. The number of ether oxygens (including phenoxy) is 2. The van der Waals surface area contributed by atoms with Crippen LogP contribution in [-0.2, 0) is 11.3 Å². The van der Waals surface area contributed by atoms with Gasteiger partial charge >= 0.3 is 0 Å². The van der Waals surface area contributed by atoms with Crippen molar-refractivity contribution < 1.29 is 18.7 Å². The molecule has 24 heavy (non-hydrogen) atoms. The summed E-state index contributed by atoms with van der Waals surface area (Å²) >= 11 is 0. The molecule has 0 bridgehead atoms. The molecule has 0 fully saturated rings. The molecule has 0 spiro atoms. The van der Waals surface area contributed by atoms with E-state index < -0.39 is 0 Å². The monoisotopic (exact) mass is 331 g/mol. The molecule has 5 heteroatoms. The molecule has 0 aliphatic carbocycles. The van der Waals surface area contributed by atoms with Crippen molar-refractivity contribution in [2.75, 3.05) is 20.3 Å². The van der Waals surface area contributed by atoms with Crippen molar-refractivity contribution >= 4 is 5.91 Å². The Labute approximate surface area is 141 Å². The summed E-state index contributed by atoms with van der Waals surface area (Å²) in [6, 6.07) is 13.4. The fraction of sp³-hybridized carbons (Fsp3) is 0.316. The molecule has 2 aromatic carbocycles. The van der Waals surface area contributed by atoms with Crippen molar-refractivity contribution in [3.8, 4) is 11.5 Å². The number of amides is 1. The zero-order chi connectivity index (χ0) is 17.4. The van der Waals surface area contributed by atoms with E-state index >= 15 is 0 Å². The molecule has 2 aromatic rings. The minimum absolute atomic E-state index is 0.0685. The Hall–Kier alpha value is -2.56. The predicted molar refractivity (Wildman–Crippen MR) is 90.6 cm³/mol. The van der Waals surface area contributed by atoms with E-state index in [0.717, 1.165) is 17.7 Å². The Kier molecular flexibility index (Phi) is 6.61. The summed E-state index contributed by atoms with van der Waals surface area (Å²) in [5.41, 5.74) is 0.739. The van der Waals surface area contributed by atoms with Crippen LogP contribution in [0.1, 0.15) is 18.9 Å². The second-order valence-electron chi connectivity index (χ2n) is 5.49. The molecule has 0 N–H and O–H groups in total. The summed E-state index contributed by atoms with van der Waals surface area (Å²) in [6.45, 7) is 2.98. The van der Waals surface area contributed by atoms with Gasteiger partial charge in [0.25, 0.3) is 5.91 Å². The van der Waals surface area contributed by atoms with E-state index in [0.29, 0.717) is 18.9 Å². The van der Waals surface area contributed by atoms with E-state index in [1.54, 1.807) is 31.3 Å². The molecule has 0 aliphatic heterocycles. The van der Waals surface area contributed by atoms with Gasteiger partial charge in [0.1, 0.15) is 17.3 Å². The summed E-state index contributed by atoms with van der Waals surface area (Å²) in [7, 11) is 1.66. The zero-order valence-electron chi connectivity index (χ0n) is 14.0. The summed E-state index contributed by atoms with van der Waals surface area (Å²) < 4.78 is 24.1. The van der Waals surface area contributed by atoms with Gasteiger partial charge in [0.15, 0.2) is 6.61 Å². The van der Waals surface area contributed by atoms with Gasteiger partial charge in [-0.3, -0.25) is 4.79 Å². The van der Waals surface area contributed by atoms with Gasteiger partial charge in [0.2, 0.25) is 0 Å². The average Bonchev–Trinajstić information content (AvgIpc) is 2.58. The van der Waals surface area contributed by atoms with Crippen LogP contribution >= 0.6 is 0 Å². The van der Waals surface area contributed by atoms with E-state index in [2.05, 4.69) is 0 Å². The zero-order valence-corrected chi connectivity index (χ0v) is 14.0. The summed E-state index contributed by atoms with van der Waals surface area (Å²) in [6.07, 6.45) is 0.949. The molecule has 0 aliphatic rings. The van der Waals surface area contributed by atoms with E-state index in [1.807, 2.05) is 19.1 Å². The quantitative estimate of drug-likeness (QED) is 0.741. The van der Waals surface area contributed by atoms with Crippen LogP contribution in [0.15, 0.2) is 48.5 Å². The number of halogens is 1. The minimum Gasteiger partial charge on any atom is -0.494 e. The Balaban J connectivity index is 1.81. The van der Waals surface area contributed by atoms with Crippen LogP contribution in [0.5, 0.6) is 11.5 Å². The highest BCUT2D eigenvalue weighted by molar-refractivity contribution is 5.77. The second-order valence-corrected chi connectivity index (χ2v) is 5.49. The van der Waals surface area contributed by atoms with Crippen LogP contribution in [0.3, 0.4) is 0 Å². The number of carbonyl (C=O) groups is 1. The lowest BCUT2D eigenvalue weighted by Crippen LogP contribution is -2.30. The highest BCUT2D eigenvalue weighted by atomic mass is 19.1. The molecular weight excluding hydrogens is 309 g/mol. The highest BCUT2D eigenvalue weighted by Gasteiger charge is 2.10. The van der Waals surface area contributed by atoms with Gasteiger partial charge in [-0.25, -0.2) is 4.39 Å².